The van der Waals surface area contributed by atoms with Crippen LogP contribution < -0.4 is 0 Å². The van der Waals surface area contributed by atoms with Gasteiger partial charge in [-0.3, -0.25) is 14.9 Å². The van der Waals surface area contributed by atoms with Crippen molar-refractivity contribution < 1.29 is 9.72 Å². The average Bonchev–Trinajstić information content (AvgIpc) is 2.71. The molecule has 22 heavy (non-hydrogen) atoms. The highest BCUT2D eigenvalue weighted by molar-refractivity contribution is 7.99. The highest BCUT2D eigenvalue weighted by atomic mass is 32.2. The van der Waals surface area contributed by atoms with Gasteiger partial charge in [0.25, 0.3) is 11.6 Å². The first-order valence-corrected chi connectivity index (χ1v) is 8.42. The maximum absolute atomic E-state index is 12.8. The van der Waals surface area contributed by atoms with Crippen LogP contribution in [0.15, 0.2) is 24.3 Å². The summed E-state index contributed by atoms with van der Waals surface area (Å²) >= 11 is 1.88. The molecule has 1 amide bonds. The van der Waals surface area contributed by atoms with E-state index in [0.717, 1.165) is 31.0 Å². The van der Waals surface area contributed by atoms with Crippen LogP contribution in [0.4, 0.5) is 5.69 Å². The van der Waals surface area contributed by atoms with Crippen molar-refractivity contribution in [2.45, 2.75) is 12.5 Å². The number of nitro groups is 1. The van der Waals surface area contributed by atoms with Crippen molar-refractivity contribution in [3.05, 3.63) is 39.9 Å². The molecular weight excluding hydrogens is 302 g/mol. The molecule has 7 heteroatoms. The van der Waals surface area contributed by atoms with E-state index in [9.17, 15) is 14.9 Å². The van der Waals surface area contributed by atoms with Crippen LogP contribution >= 0.6 is 11.8 Å². The van der Waals surface area contributed by atoms with E-state index in [1.807, 2.05) is 30.8 Å². The standard InChI is InChI=1S/C15H21N3O3S/c1-16(2)10-14-11-22-9-3-8-17(14)15(19)12-4-6-13(7-5-12)18(20)21/h4-7,14H,3,8-11H2,1-2H3. The Morgan fingerprint density at radius 3 is 2.68 bits per heavy atom. The lowest BCUT2D eigenvalue weighted by Crippen LogP contribution is -2.46. The molecule has 1 heterocycles. The molecule has 120 valence electrons. The minimum Gasteiger partial charge on any atom is -0.334 e. The number of thioether (sulfide) groups is 1. The second-order valence-electron chi connectivity index (χ2n) is 5.65. The lowest BCUT2D eigenvalue weighted by molar-refractivity contribution is -0.384. The quantitative estimate of drug-likeness (QED) is 0.627. The van der Waals surface area contributed by atoms with E-state index < -0.39 is 4.92 Å². The summed E-state index contributed by atoms with van der Waals surface area (Å²) in [6.07, 6.45) is 0.979. The van der Waals surface area contributed by atoms with Gasteiger partial charge in [0.15, 0.2) is 0 Å². The predicted molar refractivity (Wildman–Crippen MR) is 88.4 cm³/mol. The van der Waals surface area contributed by atoms with Crippen LogP contribution in [0.3, 0.4) is 0 Å². The first-order chi connectivity index (χ1) is 10.5. The topological polar surface area (TPSA) is 66.7 Å². The van der Waals surface area contributed by atoms with E-state index in [-0.39, 0.29) is 17.6 Å². The smallest absolute Gasteiger partial charge is 0.269 e. The fourth-order valence-corrected chi connectivity index (χ4v) is 3.62. The van der Waals surface area contributed by atoms with Crippen LogP contribution in [0, 0.1) is 10.1 Å². The van der Waals surface area contributed by atoms with Gasteiger partial charge in [-0.15, -0.1) is 0 Å². The molecule has 0 N–H and O–H groups in total. The molecule has 0 radical (unpaired) electrons. The van der Waals surface area contributed by atoms with Gasteiger partial charge in [-0.1, -0.05) is 0 Å². The van der Waals surface area contributed by atoms with Gasteiger partial charge in [-0.25, -0.2) is 0 Å². The first-order valence-electron chi connectivity index (χ1n) is 7.27. The molecule has 0 bridgehead atoms. The summed E-state index contributed by atoms with van der Waals surface area (Å²) < 4.78 is 0. The van der Waals surface area contributed by atoms with E-state index in [1.165, 1.54) is 12.1 Å². The number of non-ortho nitro benzene ring substituents is 1. The maximum atomic E-state index is 12.8. The number of benzene rings is 1. The molecule has 1 aromatic carbocycles. The molecule has 0 aliphatic carbocycles. The summed E-state index contributed by atoms with van der Waals surface area (Å²) in [6, 6.07) is 6.04. The SMILES string of the molecule is CN(C)CC1CSCCCN1C(=O)c1ccc([N+](=O)[O-])cc1. The lowest BCUT2D eigenvalue weighted by Gasteiger charge is -2.31. The second kappa shape index (κ2) is 7.60. The van der Waals surface area contributed by atoms with E-state index in [2.05, 4.69) is 4.90 Å². The van der Waals surface area contributed by atoms with Crippen LogP contribution in [0.2, 0.25) is 0 Å². The summed E-state index contributed by atoms with van der Waals surface area (Å²) in [5, 5.41) is 10.7. The number of amides is 1. The van der Waals surface area contributed by atoms with Crippen LogP contribution in [0.1, 0.15) is 16.8 Å². The van der Waals surface area contributed by atoms with Crippen molar-refractivity contribution in [1.82, 2.24) is 9.80 Å². The summed E-state index contributed by atoms with van der Waals surface area (Å²) in [4.78, 5) is 27.0. The third kappa shape index (κ3) is 4.20. The normalized spacial score (nSPS) is 19.0. The third-order valence-corrected chi connectivity index (χ3v) is 4.80. The zero-order chi connectivity index (χ0) is 16.1. The Kier molecular flexibility index (Phi) is 5.79. The van der Waals surface area contributed by atoms with Crippen molar-refractivity contribution in [3.8, 4) is 0 Å². The second-order valence-corrected chi connectivity index (χ2v) is 6.80. The summed E-state index contributed by atoms with van der Waals surface area (Å²) in [5.74, 6) is 1.95. The highest BCUT2D eigenvalue weighted by Crippen LogP contribution is 2.20. The summed E-state index contributed by atoms with van der Waals surface area (Å²) in [7, 11) is 4.01. The monoisotopic (exact) mass is 323 g/mol. The zero-order valence-corrected chi connectivity index (χ0v) is 13.7. The first kappa shape index (κ1) is 16.8. The summed E-state index contributed by atoms with van der Waals surface area (Å²) in [5.41, 5.74) is 0.522. The Morgan fingerprint density at radius 1 is 1.41 bits per heavy atom. The molecular formula is C15H21N3O3S. The number of hydrogen-bond acceptors (Lipinski definition) is 5. The van der Waals surface area contributed by atoms with Crippen molar-refractivity contribution >= 4 is 23.4 Å². The number of nitro benzene ring substituents is 1. The van der Waals surface area contributed by atoms with E-state index in [0.29, 0.717) is 5.56 Å². The van der Waals surface area contributed by atoms with Gasteiger partial charge in [-0.2, -0.15) is 11.8 Å². The van der Waals surface area contributed by atoms with E-state index in [1.54, 1.807) is 12.1 Å². The van der Waals surface area contributed by atoms with E-state index in [4.69, 9.17) is 0 Å². The predicted octanol–water partition coefficient (Wildman–Crippen LogP) is 2.10. The lowest BCUT2D eigenvalue weighted by atomic mass is 10.1. The minimum absolute atomic E-state index is 0.00723. The van der Waals surface area contributed by atoms with Crippen LogP contribution in [0.5, 0.6) is 0 Å². The molecule has 1 aliphatic heterocycles. The Bertz CT molecular complexity index is 533. The molecule has 1 unspecified atom stereocenters. The largest absolute Gasteiger partial charge is 0.334 e. The Morgan fingerprint density at radius 2 is 2.09 bits per heavy atom. The van der Waals surface area contributed by atoms with Gasteiger partial charge >= 0.3 is 0 Å². The van der Waals surface area contributed by atoms with Crippen molar-refractivity contribution in [2.75, 3.05) is 38.7 Å². The number of carbonyl (C=O) groups excluding carboxylic acids is 1. The van der Waals surface area contributed by atoms with Gasteiger partial charge in [-0.05, 0) is 38.4 Å². The molecule has 1 atom stereocenters. The van der Waals surface area contributed by atoms with Gasteiger partial charge in [0.2, 0.25) is 0 Å². The molecule has 2 rings (SSSR count). The molecule has 1 saturated heterocycles. The molecule has 6 nitrogen and oxygen atoms in total. The van der Waals surface area contributed by atoms with Gasteiger partial charge in [0.1, 0.15) is 0 Å². The Balaban J connectivity index is 2.18. The fourth-order valence-electron chi connectivity index (χ4n) is 2.56. The fraction of sp³-hybridized carbons (Fsp3) is 0.533. The van der Waals surface area contributed by atoms with Crippen LogP contribution in [0.25, 0.3) is 0 Å². The maximum Gasteiger partial charge on any atom is 0.269 e. The molecule has 1 aliphatic rings. The Labute approximate surface area is 134 Å². The Hall–Kier alpha value is -1.60. The number of likely N-dealkylation sites (N-methyl/N-ethyl adjacent to an activating group) is 1. The van der Waals surface area contributed by atoms with Crippen molar-refractivity contribution in [1.29, 1.82) is 0 Å². The number of carbonyl (C=O) groups is 1. The third-order valence-electron chi connectivity index (χ3n) is 3.60. The van der Waals surface area contributed by atoms with Crippen molar-refractivity contribution in [2.24, 2.45) is 0 Å². The minimum atomic E-state index is -0.453. The molecule has 1 aromatic rings. The molecule has 0 spiro atoms. The summed E-state index contributed by atoms with van der Waals surface area (Å²) in [6.45, 7) is 1.56. The molecule has 0 saturated carbocycles. The van der Waals surface area contributed by atoms with Gasteiger partial charge < -0.3 is 9.80 Å². The number of nitrogens with zero attached hydrogens (tertiary/aromatic N) is 3. The van der Waals surface area contributed by atoms with Crippen LogP contribution in [-0.4, -0.2) is 65.4 Å². The number of hydrogen-bond donors (Lipinski definition) is 0. The molecule has 0 aromatic heterocycles. The highest BCUT2D eigenvalue weighted by Gasteiger charge is 2.27. The van der Waals surface area contributed by atoms with Gasteiger partial charge in [0.05, 0.1) is 11.0 Å². The van der Waals surface area contributed by atoms with Crippen LogP contribution in [-0.2, 0) is 0 Å². The van der Waals surface area contributed by atoms with E-state index >= 15 is 0 Å². The zero-order valence-electron chi connectivity index (χ0n) is 12.9. The number of rotatable bonds is 4. The van der Waals surface area contributed by atoms with Gasteiger partial charge in [0, 0.05) is 36.5 Å². The van der Waals surface area contributed by atoms with Crippen molar-refractivity contribution in [3.63, 3.8) is 0 Å². The average molecular weight is 323 g/mol. The molecule has 1 fully saturated rings.